The Labute approximate surface area is 104 Å². The molecule has 0 saturated carbocycles. The highest BCUT2D eigenvalue weighted by atomic mass is 79.9. The molecule has 0 aliphatic rings. The van der Waals surface area contributed by atoms with Crippen LogP contribution in [0.3, 0.4) is 0 Å². The van der Waals surface area contributed by atoms with Gasteiger partial charge in [-0.15, -0.1) is 0 Å². The summed E-state index contributed by atoms with van der Waals surface area (Å²) >= 11 is 3.21. The van der Waals surface area contributed by atoms with Gasteiger partial charge in [-0.3, -0.25) is 0 Å². The molecule has 6 heteroatoms. The van der Waals surface area contributed by atoms with Crippen molar-refractivity contribution in [3.8, 4) is 0 Å². The molecular weight excluding hydrogens is 292 g/mol. The van der Waals surface area contributed by atoms with Crippen LogP contribution in [0.25, 0.3) is 0 Å². The minimum atomic E-state index is -3.52. The fourth-order valence-electron chi connectivity index (χ4n) is 1.20. The Bertz CT molecular complexity index is 472. The maximum absolute atomic E-state index is 12.0. The first-order chi connectivity index (χ1) is 7.10. The molecule has 90 valence electrons. The third-order valence-electron chi connectivity index (χ3n) is 1.64. The minimum absolute atomic E-state index is 0.161. The normalized spacial score (nSPS) is 12.8. The number of rotatable bonds is 2. The van der Waals surface area contributed by atoms with Crippen molar-refractivity contribution in [3.63, 3.8) is 0 Å². The van der Waals surface area contributed by atoms with Gasteiger partial charge in [0.05, 0.1) is 4.90 Å². The Morgan fingerprint density at radius 1 is 1.25 bits per heavy atom. The highest BCUT2D eigenvalue weighted by Gasteiger charge is 2.22. The second-order valence-corrected chi connectivity index (χ2v) is 7.17. The van der Waals surface area contributed by atoms with Gasteiger partial charge in [-0.2, -0.15) is 0 Å². The Morgan fingerprint density at radius 3 is 2.25 bits per heavy atom. The van der Waals surface area contributed by atoms with E-state index in [0.717, 1.165) is 0 Å². The Balaban J connectivity index is 3.18. The average Bonchev–Trinajstić information content (AvgIpc) is 1.96. The number of nitrogens with two attached hydrogens (primary N) is 1. The lowest BCUT2D eigenvalue weighted by Crippen LogP contribution is -2.40. The number of benzene rings is 1. The van der Waals surface area contributed by atoms with E-state index in [0.29, 0.717) is 10.2 Å². The number of nitrogens with one attached hydrogen (secondary N) is 1. The van der Waals surface area contributed by atoms with Crippen molar-refractivity contribution in [2.75, 3.05) is 5.73 Å². The monoisotopic (exact) mass is 306 g/mol. The highest BCUT2D eigenvalue weighted by molar-refractivity contribution is 9.10. The molecule has 0 fully saturated rings. The molecule has 3 N–H and O–H groups in total. The molecule has 16 heavy (non-hydrogen) atoms. The molecule has 0 saturated heterocycles. The van der Waals surface area contributed by atoms with Crippen molar-refractivity contribution >= 4 is 31.6 Å². The van der Waals surface area contributed by atoms with Crippen LogP contribution in [-0.4, -0.2) is 14.0 Å². The summed E-state index contributed by atoms with van der Waals surface area (Å²) in [6, 6.07) is 4.60. The van der Waals surface area contributed by atoms with Crippen molar-refractivity contribution in [1.29, 1.82) is 0 Å². The summed E-state index contributed by atoms with van der Waals surface area (Å²) in [5.74, 6) is 0. The topological polar surface area (TPSA) is 72.2 Å². The number of anilines is 1. The van der Waals surface area contributed by atoms with Gasteiger partial charge in [-0.25, -0.2) is 13.1 Å². The second kappa shape index (κ2) is 4.35. The van der Waals surface area contributed by atoms with Crippen LogP contribution in [0.4, 0.5) is 5.69 Å². The molecule has 0 amide bonds. The molecule has 0 aliphatic carbocycles. The van der Waals surface area contributed by atoms with E-state index in [-0.39, 0.29) is 4.90 Å². The predicted octanol–water partition coefficient (Wildman–Crippen LogP) is 2.11. The van der Waals surface area contributed by atoms with Crippen LogP contribution in [-0.2, 0) is 10.0 Å². The first kappa shape index (κ1) is 13.5. The van der Waals surface area contributed by atoms with Crippen molar-refractivity contribution in [2.45, 2.75) is 31.2 Å². The average molecular weight is 307 g/mol. The van der Waals surface area contributed by atoms with E-state index < -0.39 is 15.6 Å². The first-order valence-corrected chi connectivity index (χ1v) is 6.98. The third-order valence-corrected chi connectivity index (χ3v) is 3.84. The smallest absolute Gasteiger partial charge is 0.241 e. The summed E-state index contributed by atoms with van der Waals surface area (Å²) in [5, 5.41) is 0. The van der Waals surface area contributed by atoms with Gasteiger partial charge in [0.25, 0.3) is 0 Å². The predicted molar refractivity (Wildman–Crippen MR) is 68.6 cm³/mol. The molecule has 1 aromatic carbocycles. The van der Waals surface area contributed by atoms with E-state index in [1.54, 1.807) is 26.8 Å². The largest absolute Gasteiger partial charge is 0.399 e. The maximum Gasteiger partial charge on any atom is 0.241 e. The van der Waals surface area contributed by atoms with Crippen LogP contribution >= 0.6 is 15.9 Å². The van der Waals surface area contributed by atoms with Gasteiger partial charge in [0, 0.05) is 15.7 Å². The van der Waals surface area contributed by atoms with E-state index >= 15 is 0 Å². The first-order valence-electron chi connectivity index (χ1n) is 4.70. The molecule has 0 unspecified atom stereocenters. The zero-order valence-electron chi connectivity index (χ0n) is 9.41. The number of nitrogen functional groups attached to an aromatic ring is 1. The molecule has 0 radical (unpaired) electrons. The van der Waals surface area contributed by atoms with E-state index in [1.165, 1.54) is 12.1 Å². The van der Waals surface area contributed by atoms with Crippen LogP contribution < -0.4 is 10.5 Å². The van der Waals surface area contributed by atoms with Gasteiger partial charge in [-0.05, 0) is 39.0 Å². The summed E-state index contributed by atoms with van der Waals surface area (Å²) < 4.78 is 27.1. The van der Waals surface area contributed by atoms with E-state index in [1.807, 2.05) is 0 Å². The van der Waals surface area contributed by atoms with Gasteiger partial charge >= 0.3 is 0 Å². The zero-order valence-corrected chi connectivity index (χ0v) is 11.8. The van der Waals surface area contributed by atoms with Gasteiger partial charge in [-0.1, -0.05) is 15.9 Å². The standard InChI is InChI=1S/C10H15BrN2O2S/c1-10(2,3)13-16(14,15)9-5-7(11)4-8(12)6-9/h4-6,13H,12H2,1-3H3. The Kier molecular flexibility index (Phi) is 3.66. The molecule has 1 aromatic rings. The second-order valence-electron chi connectivity index (χ2n) is 4.58. The summed E-state index contributed by atoms with van der Waals surface area (Å²) in [4.78, 5) is 0.161. The third kappa shape index (κ3) is 3.77. The molecule has 0 aliphatic heterocycles. The Hall–Kier alpha value is -0.590. The molecule has 0 heterocycles. The fourth-order valence-corrected chi connectivity index (χ4v) is 3.36. The van der Waals surface area contributed by atoms with Gasteiger partial charge in [0.2, 0.25) is 10.0 Å². The number of hydrogen-bond donors (Lipinski definition) is 2. The molecule has 1 rings (SSSR count). The van der Waals surface area contributed by atoms with E-state index in [4.69, 9.17) is 5.73 Å². The minimum Gasteiger partial charge on any atom is -0.399 e. The highest BCUT2D eigenvalue weighted by Crippen LogP contribution is 2.21. The van der Waals surface area contributed by atoms with Gasteiger partial charge in [0.1, 0.15) is 0 Å². The maximum atomic E-state index is 12.0. The van der Waals surface area contributed by atoms with E-state index in [9.17, 15) is 8.42 Å². The quantitative estimate of drug-likeness (QED) is 0.822. The molecule has 0 atom stereocenters. The molecule has 0 bridgehead atoms. The number of sulfonamides is 1. The summed E-state index contributed by atoms with van der Waals surface area (Å²) in [6.45, 7) is 5.35. The van der Waals surface area contributed by atoms with Crippen molar-refractivity contribution in [1.82, 2.24) is 4.72 Å². The van der Waals surface area contributed by atoms with Crippen LogP contribution in [0.5, 0.6) is 0 Å². The fraction of sp³-hybridized carbons (Fsp3) is 0.400. The van der Waals surface area contributed by atoms with Crippen LogP contribution in [0.1, 0.15) is 20.8 Å². The van der Waals surface area contributed by atoms with Crippen molar-refractivity contribution in [2.24, 2.45) is 0 Å². The van der Waals surface area contributed by atoms with Crippen LogP contribution in [0.15, 0.2) is 27.6 Å². The summed E-state index contributed by atoms with van der Waals surface area (Å²) in [7, 11) is -3.52. The van der Waals surface area contributed by atoms with Crippen molar-refractivity contribution < 1.29 is 8.42 Å². The molecule has 0 spiro atoms. The zero-order chi connectivity index (χ0) is 12.6. The molecule has 4 nitrogen and oxygen atoms in total. The SMILES string of the molecule is CC(C)(C)NS(=O)(=O)c1cc(N)cc(Br)c1. The molecule has 0 aromatic heterocycles. The summed E-state index contributed by atoms with van der Waals surface area (Å²) in [5.41, 5.74) is 5.49. The molecular formula is C10H15BrN2O2S. The number of hydrogen-bond acceptors (Lipinski definition) is 3. The summed E-state index contributed by atoms with van der Waals surface area (Å²) in [6.07, 6.45) is 0. The lowest BCUT2D eigenvalue weighted by atomic mass is 10.1. The van der Waals surface area contributed by atoms with Crippen molar-refractivity contribution in [3.05, 3.63) is 22.7 Å². The van der Waals surface area contributed by atoms with Crippen LogP contribution in [0, 0.1) is 0 Å². The Morgan fingerprint density at radius 2 is 1.81 bits per heavy atom. The van der Waals surface area contributed by atoms with Crippen LogP contribution in [0.2, 0.25) is 0 Å². The van der Waals surface area contributed by atoms with Gasteiger partial charge < -0.3 is 5.73 Å². The lowest BCUT2D eigenvalue weighted by molar-refractivity contribution is 0.491. The van der Waals surface area contributed by atoms with Gasteiger partial charge in [0.15, 0.2) is 0 Å². The van der Waals surface area contributed by atoms with E-state index in [2.05, 4.69) is 20.7 Å². The lowest BCUT2D eigenvalue weighted by Gasteiger charge is -2.20. The number of halogens is 1.